The van der Waals surface area contributed by atoms with Gasteiger partial charge in [-0.3, -0.25) is 0 Å². The molecule has 7 aliphatic carbocycles. The van der Waals surface area contributed by atoms with E-state index in [0.29, 0.717) is 11.8 Å². The number of allylic oxidation sites excluding steroid dienone is 8. The second-order valence-corrected chi connectivity index (χ2v) is 19.3. The van der Waals surface area contributed by atoms with Crippen LogP contribution in [0.2, 0.25) is 0 Å². The van der Waals surface area contributed by atoms with Crippen LogP contribution >= 0.6 is 0 Å². The SMILES string of the molecule is C1=CCCC(c2ccc3c(c2)c2c(n3C3=CC(C4C=C[C@H]5CCCCC5C4)CCC3)CCC(c3ccc4c(c3)C3CCCCC3N4C3CCCCC3)C2)=C1. The largest absolute Gasteiger partial charge is 0.365 e. The van der Waals surface area contributed by atoms with E-state index in [9.17, 15) is 0 Å². The maximum Gasteiger partial charge on any atom is 0.0531 e. The first-order valence-corrected chi connectivity index (χ1v) is 23.1. The number of rotatable bonds is 5. The molecule has 0 radical (unpaired) electrons. The average Bonchev–Trinajstić information content (AvgIpc) is 3.76. The summed E-state index contributed by atoms with van der Waals surface area (Å²) in [5, 5.41) is 1.55. The maximum absolute atomic E-state index is 2.98. The van der Waals surface area contributed by atoms with Crippen LogP contribution in [0.25, 0.3) is 22.2 Å². The van der Waals surface area contributed by atoms with Gasteiger partial charge < -0.3 is 9.47 Å². The minimum atomic E-state index is 0.608. The van der Waals surface area contributed by atoms with Crippen molar-refractivity contribution in [2.45, 2.75) is 165 Å². The molecule has 7 atom stereocenters. The van der Waals surface area contributed by atoms with Crippen LogP contribution in [0.3, 0.4) is 0 Å². The molecule has 2 heteroatoms. The van der Waals surface area contributed by atoms with E-state index in [1.165, 1.54) is 145 Å². The number of aromatic nitrogens is 1. The molecule has 3 saturated carbocycles. The van der Waals surface area contributed by atoms with Gasteiger partial charge in [0.2, 0.25) is 0 Å². The number of fused-ring (bicyclic) bond motifs is 7. The highest BCUT2D eigenvalue weighted by molar-refractivity contribution is 5.92. The van der Waals surface area contributed by atoms with Crippen molar-refractivity contribution in [1.29, 1.82) is 0 Å². The van der Waals surface area contributed by atoms with Gasteiger partial charge in [-0.15, -0.1) is 0 Å². The van der Waals surface area contributed by atoms with Crippen LogP contribution in [-0.4, -0.2) is 16.7 Å². The summed E-state index contributed by atoms with van der Waals surface area (Å²) in [4.78, 5) is 2.98. The molecule has 2 nitrogen and oxygen atoms in total. The van der Waals surface area contributed by atoms with Gasteiger partial charge in [0.1, 0.15) is 0 Å². The molecule has 0 saturated heterocycles. The predicted octanol–water partition coefficient (Wildman–Crippen LogP) is 13.8. The highest BCUT2D eigenvalue weighted by Gasteiger charge is 2.43. The minimum Gasteiger partial charge on any atom is -0.365 e. The molecule has 1 aliphatic heterocycles. The molecule has 3 fully saturated rings. The lowest BCUT2D eigenvalue weighted by atomic mass is 9.67. The summed E-state index contributed by atoms with van der Waals surface area (Å²) in [7, 11) is 0. The molecule has 8 aliphatic rings. The second-order valence-electron chi connectivity index (χ2n) is 19.3. The zero-order valence-corrected chi connectivity index (χ0v) is 33.0. The third-order valence-electron chi connectivity index (χ3n) is 16.4. The van der Waals surface area contributed by atoms with Gasteiger partial charge in [-0.25, -0.2) is 0 Å². The number of benzene rings is 2. The third-order valence-corrected chi connectivity index (χ3v) is 16.4. The van der Waals surface area contributed by atoms with E-state index in [-0.39, 0.29) is 0 Å². The fourth-order valence-electron chi connectivity index (χ4n) is 13.7. The fraction of sp³-hybridized carbons (Fsp3) is 0.577. The van der Waals surface area contributed by atoms with Crippen LogP contribution in [0.15, 0.2) is 72.9 Å². The summed E-state index contributed by atoms with van der Waals surface area (Å²) < 4.78 is 2.82. The van der Waals surface area contributed by atoms with Crippen molar-refractivity contribution >= 4 is 27.9 Å². The molecule has 6 unspecified atom stereocenters. The van der Waals surface area contributed by atoms with Gasteiger partial charge in [0, 0.05) is 40.5 Å². The van der Waals surface area contributed by atoms with E-state index in [2.05, 4.69) is 82.3 Å². The molecule has 0 bridgehead atoms. The Morgan fingerprint density at radius 2 is 1.52 bits per heavy atom. The summed E-state index contributed by atoms with van der Waals surface area (Å²) in [6.07, 6.45) is 45.0. The first kappa shape index (κ1) is 34.0. The molecule has 3 aromatic rings. The van der Waals surface area contributed by atoms with Crippen LogP contribution in [-0.2, 0) is 12.8 Å². The van der Waals surface area contributed by atoms with Crippen LogP contribution in [0, 0.1) is 23.7 Å². The Morgan fingerprint density at radius 1 is 0.667 bits per heavy atom. The monoisotopic (exact) mass is 717 g/mol. The predicted molar refractivity (Wildman–Crippen MR) is 228 cm³/mol. The topological polar surface area (TPSA) is 8.17 Å². The maximum atomic E-state index is 2.98. The number of hydrogen-bond donors (Lipinski definition) is 0. The lowest BCUT2D eigenvalue weighted by Crippen LogP contribution is -2.44. The van der Waals surface area contributed by atoms with Crippen molar-refractivity contribution in [1.82, 2.24) is 4.57 Å². The molecule has 2 aromatic carbocycles. The average molecular weight is 717 g/mol. The Bertz CT molecular complexity index is 2010. The van der Waals surface area contributed by atoms with E-state index >= 15 is 0 Å². The zero-order chi connectivity index (χ0) is 35.6. The summed E-state index contributed by atoms with van der Waals surface area (Å²) >= 11 is 0. The first-order chi connectivity index (χ1) is 26.8. The van der Waals surface area contributed by atoms with E-state index in [0.717, 1.165) is 48.6 Å². The number of hydrogen-bond acceptors (Lipinski definition) is 1. The summed E-state index contributed by atoms with van der Waals surface area (Å²) in [6.45, 7) is 0. The summed E-state index contributed by atoms with van der Waals surface area (Å²) in [5.74, 6) is 4.59. The van der Waals surface area contributed by atoms with E-state index in [1.54, 1.807) is 39.2 Å². The van der Waals surface area contributed by atoms with Crippen molar-refractivity contribution in [2.24, 2.45) is 23.7 Å². The molecule has 54 heavy (non-hydrogen) atoms. The molecular weight excluding hydrogens is 653 g/mol. The Labute approximate surface area is 325 Å². The van der Waals surface area contributed by atoms with Crippen LogP contribution < -0.4 is 4.90 Å². The smallest absolute Gasteiger partial charge is 0.0531 e. The minimum absolute atomic E-state index is 0.608. The first-order valence-electron chi connectivity index (χ1n) is 23.1. The molecule has 0 amide bonds. The molecule has 2 heterocycles. The Balaban J connectivity index is 0.953. The van der Waals surface area contributed by atoms with Crippen molar-refractivity contribution in [3.63, 3.8) is 0 Å². The molecule has 0 N–H and O–H groups in total. The highest BCUT2D eigenvalue weighted by Crippen LogP contribution is 2.52. The van der Waals surface area contributed by atoms with E-state index in [4.69, 9.17) is 0 Å². The highest BCUT2D eigenvalue weighted by atomic mass is 15.2. The van der Waals surface area contributed by atoms with Crippen molar-refractivity contribution in [3.8, 4) is 0 Å². The standard InChI is InChI=1S/C52H64N2/c1-3-12-35(13-4-1)40-24-27-51-47(32-40)48-34-42(41-25-28-50-46(33-41)45-20-9-10-21-49(45)53(50)43-17-5-2-6-18-43)26-29-52(48)54(51)44-19-11-16-38(31-44)39-23-22-36-14-7-8-15-37(36)30-39/h1,3,12,22-25,27-28,31-33,36-39,42-43,45,49H,2,4-11,13-21,26,29-30,34H2/t36-,37?,38?,39?,42?,45?,49?/m1/s1. The molecule has 0 spiro atoms. The van der Waals surface area contributed by atoms with E-state index in [1.807, 2.05) is 0 Å². The van der Waals surface area contributed by atoms with Crippen LogP contribution in [0.5, 0.6) is 0 Å². The normalized spacial score (nSPS) is 32.4. The summed E-state index contributed by atoms with van der Waals surface area (Å²) in [6, 6.07) is 17.1. The van der Waals surface area contributed by atoms with Crippen molar-refractivity contribution in [2.75, 3.05) is 4.90 Å². The van der Waals surface area contributed by atoms with Gasteiger partial charge >= 0.3 is 0 Å². The summed E-state index contributed by atoms with van der Waals surface area (Å²) in [5.41, 5.74) is 14.4. The zero-order valence-electron chi connectivity index (χ0n) is 33.0. The number of anilines is 1. The Morgan fingerprint density at radius 3 is 2.44 bits per heavy atom. The molecule has 11 rings (SSSR count). The lowest BCUT2D eigenvalue weighted by molar-refractivity contribution is 0.208. The van der Waals surface area contributed by atoms with Gasteiger partial charge in [-0.1, -0.05) is 99.6 Å². The number of nitrogens with zero attached hydrogens (tertiary/aromatic N) is 2. The van der Waals surface area contributed by atoms with Crippen LogP contribution in [0.1, 0.15) is 168 Å². The van der Waals surface area contributed by atoms with Crippen LogP contribution in [0.4, 0.5) is 5.69 Å². The van der Waals surface area contributed by atoms with Gasteiger partial charge in [0.15, 0.2) is 0 Å². The van der Waals surface area contributed by atoms with Gasteiger partial charge in [0.25, 0.3) is 0 Å². The second kappa shape index (κ2) is 14.4. The quantitative estimate of drug-likeness (QED) is 0.239. The Hall–Kier alpha value is -3.26. The lowest BCUT2D eigenvalue weighted by Gasteiger charge is -2.41. The van der Waals surface area contributed by atoms with Gasteiger partial charge in [0.05, 0.1) is 5.52 Å². The van der Waals surface area contributed by atoms with Gasteiger partial charge in [-0.2, -0.15) is 0 Å². The third kappa shape index (κ3) is 5.94. The fourth-order valence-corrected chi connectivity index (χ4v) is 13.7. The van der Waals surface area contributed by atoms with E-state index < -0.39 is 0 Å². The molecular formula is C52H64N2. The molecule has 282 valence electrons. The van der Waals surface area contributed by atoms with Crippen molar-refractivity contribution < 1.29 is 0 Å². The molecule has 1 aromatic heterocycles. The van der Waals surface area contributed by atoms with Gasteiger partial charge in [-0.05, 0) is 172 Å². The van der Waals surface area contributed by atoms with Crippen molar-refractivity contribution in [3.05, 3.63) is 101 Å². The Kier molecular flexibility index (Phi) is 9.04.